The van der Waals surface area contributed by atoms with Gasteiger partial charge in [0.05, 0.1) is 14.2 Å². The Morgan fingerprint density at radius 1 is 1.22 bits per heavy atom. The van der Waals surface area contributed by atoms with Crippen LogP contribution in [0.2, 0.25) is 0 Å². The van der Waals surface area contributed by atoms with Crippen molar-refractivity contribution in [3.63, 3.8) is 0 Å². The van der Waals surface area contributed by atoms with Crippen molar-refractivity contribution < 1.29 is 9.47 Å². The summed E-state index contributed by atoms with van der Waals surface area (Å²) in [4.78, 5) is 0. The molecule has 5 nitrogen and oxygen atoms in total. The van der Waals surface area contributed by atoms with Crippen LogP contribution in [0.5, 0.6) is 11.5 Å². The third kappa shape index (κ3) is 3.35. The third-order valence-electron chi connectivity index (χ3n) is 3.10. The summed E-state index contributed by atoms with van der Waals surface area (Å²) in [6.07, 6.45) is 0. The van der Waals surface area contributed by atoms with Crippen LogP contribution < -0.4 is 20.2 Å². The number of methoxy groups -OCH3 is 2. The lowest BCUT2D eigenvalue weighted by atomic mass is 10.2. The maximum absolute atomic E-state index is 5.38. The van der Waals surface area contributed by atoms with Gasteiger partial charge in [-0.15, -0.1) is 0 Å². The van der Waals surface area contributed by atoms with Gasteiger partial charge in [0.15, 0.2) is 0 Å². The van der Waals surface area contributed by atoms with Crippen LogP contribution in [-0.4, -0.2) is 45.4 Å². The quantitative estimate of drug-likeness (QED) is 0.803. The molecular formula is C13H21N3O2. The molecule has 0 atom stereocenters. The number of rotatable bonds is 5. The molecule has 2 N–H and O–H groups in total. The lowest BCUT2D eigenvalue weighted by molar-refractivity contribution is 0.160. The minimum absolute atomic E-state index is 0.771. The molecule has 1 aromatic rings. The first-order valence-corrected chi connectivity index (χ1v) is 6.23. The van der Waals surface area contributed by atoms with Crippen molar-refractivity contribution in [3.05, 3.63) is 23.8 Å². The fraction of sp³-hybridized carbons (Fsp3) is 0.538. The van der Waals surface area contributed by atoms with Crippen molar-refractivity contribution in [2.75, 3.05) is 40.4 Å². The van der Waals surface area contributed by atoms with Gasteiger partial charge < -0.3 is 14.8 Å². The van der Waals surface area contributed by atoms with Gasteiger partial charge in [-0.1, -0.05) is 6.07 Å². The summed E-state index contributed by atoms with van der Waals surface area (Å²) in [6, 6.07) is 5.90. The van der Waals surface area contributed by atoms with Crippen LogP contribution in [0, 0.1) is 0 Å². The Kier molecular flexibility index (Phi) is 4.81. The predicted octanol–water partition coefficient (Wildman–Crippen LogP) is 0.614. The zero-order chi connectivity index (χ0) is 12.8. The first-order chi connectivity index (χ1) is 8.83. The van der Waals surface area contributed by atoms with Gasteiger partial charge in [-0.2, -0.15) is 0 Å². The van der Waals surface area contributed by atoms with Crippen LogP contribution in [0.15, 0.2) is 18.2 Å². The lowest BCUT2D eigenvalue weighted by Gasteiger charge is -2.28. The van der Waals surface area contributed by atoms with Gasteiger partial charge in [0.2, 0.25) is 0 Å². The molecule has 0 bridgehead atoms. The van der Waals surface area contributed by atoms with Gasteiger partial charge in [-0.05, 0) is 6.07 Å². The highest BCUT2D eigenvalue weighted by Gasteiger charge is 2.10. The molecule has 0 aromatic heterocycles. The number of hydrogen-bond acceptors (Lipinski definition) is 5. The van der Waals surface area contributed by atoms with E-state index in [0.29, 0.717) is 0 Å². The normalized spacial score (nSPS) is 16.6. The summed E-state index contributed by atoms with van der Waals surface area (Å²) >= 11 is 0. The highest BCUT2D eigenvalue weighted by molar-refractivity contribution is 5.40. The second-order valence-corrected chi connectivity index (χ2v) is 4.25. The fourth-order valence-electron chi connectivity index (χ4n) is 2.02. The summed E-state index contributed by atoms with van der Waals surface area (Å²) in [5, 5.41) is 5.56. The minimum atomic E-state index is 0.771. The molecule has 1 heterocycles. The van der Waals surface area contributed by atoms with E-state index >= 15 is 0 Å². The number of benzene rings is 1. The molecule has 100 valence electrons. The Balaban J connectivity index is 1.95. The molecule has 1 aliphatic heterocycles. The van der Waals surface area contributed by atoms with Crippen molar-refractivity contribution in [3.8, 4) is 11.5 Å². The second-order valence-electron chi connectivity index (χ2n) is 4.25. The molecule has 1 fully saturated rings. The average Bonchev–Trinajstić information content (AvgIpc) is 2.46. The van der Waals surface area contributed by atoms with E-state index in [0.717, 1.165) is 49.8 Å². The van der Waals surface area contributed by atoms with Gasteiger partial charge >= 0.3 is 0 Å². The molecule has 5 heteroatoms. The molecule has 18 heavy (non-hydrogen) atoms. The highest BCUT2D eigenvalue weighted by Crippen LogP contribution is 2.24. The topological polar surface area (TPSA) is 45.8 Å². The Morgan fingerprint density at radius 3 is 2.67 bits per heavy atom. The largest absolute Gasteiger partial charge is 0.497 e. The van der Waals surface area contributed by atoms with E-state index < -0.39 is 0 Å². The monoisotopic (exact) mass is 251 g/mol. The van der Waals surface area contributed by atoms with Gasteiger partial charge in [0, 0.05) is 44.4 Å². The Bertz CT molecular complexity index is 378. The number of nitrogens with one attached hydrogen (secondary N) is 2. The smallest absolute Gasteiger partial charge is 0.127 e. The minimum Gasteiger partial charge on any atom is -0.497 e. The van der Waals surface area contributed by atoms with Crippen molar-refractivity contribution in [1.29, 1.82) is 0 Å². The molecule has 0 radical (unpaired) electrons. The van der Waals surface area contributed by atoms with Gasteiger partial charge in [0.25, 0.3) is 0 Å². The van der Waals surface area contributed by atoms with Gasteiger partial charge in [0.1, 0.15) is 11.5 Å². The van der Waals surface area contributed by atoms with E-state index in [9.17, 15) is 0 Å². The molecule has 1 saturated heterocycles. The van der Waals surface area contributed by atoms with E-state index in [-0.39, 0.29) is 0 Å². The summed E-state index contributed by atoms with van der Waals surface area (Å²) in [5.74, 6) is 1.68. The molecule has 0 aliphatic carbocycles. The highest BCUT2D eigenvalue weighted by atomic mass is 16.5. The summed E-state index contributed by atoms with van der Waals surface area (Å²) < 4.78 is 10.6. The number of piperazine rings is 1. The summed E-state index contributed by atoms with van der Waals surface area (Å²) in [7, 11) is 3.34. The number of nitrogens with zero attached hydrogens (tertiary/aromatic N) is 1. The van der Waals surface area contributed by atoms with E-state index in [4.69, 9.17) is 9.47 Å². The second kappa shape index (κ2) is 6.58. The Morgan fingerprint density at radius 2 is 2.00 bits per heavy atom. The van der Waals surface area contributed by atoms with Crippen molar-refractivity contribution >= 4 is 0 Å². The maximum atomic E-state index is 5.38. The van der Waals surface area contributed by atoms with Crippen molar-refractivity contribution in [2.45, 2.75) is 6.54 Å². The summed E-state index contributed by atoms with van der Waals surface area (Å²) in [6.45, 7) is 4.89. The van der Waals surface area contributed by atoms with E-state index in [1.807, 2.05) is 18.2 Å². The van der Waals surface area contributed by atoms with Crippen LogP contribution in [-0.2, 0) is 6.54 Å². The average molecular weight is 251 g/mol. The first-order valence-electron chi connectivity index (χ1n) is 6.23. The maximum Gasteiger partial charge on any atom is 0.127 e. The lowest BCUT2D eigenvalue weighted by Crippen LogP contribution is -2.49. The standard InChI is InChI=1S/C13H21N3O2/c1-17-12-4-3-11(13(9-12)18-2)10-15-16-7-5-14-6-8-16/h3-4,9,14-15H,5-8,10H2,1-2H3. The Labute approximate surface area is 108 Å². The van der Waals surface area contributed by atoms with Gasteiger partial charge in [-0.3, -0.25) is 5.43 Å². The predicted molar refractivity (Wildman–Crippen MR) is 70.8 cm³/mol. The molecule has 0 amide bonds. The molecule has 1 aromatic carbocycles. The van der Waals surface area contributed by atoms with E-state index in [1.54, 1.807) is 14.2 Å². The van der Waals surface area contributed by atoms with E-state index in [1.165, 1.54) is 0 Å². The first kappa shape index (κ1) is 13.1. The van der Waals surface area contributed by atoms with Crippen molar-refractivity contribution in [2.24, 2.45) is 0 Å². The van der Waals surface area contributed by atoms with Crippen LogP contribution in [0.4, 0.5) is 0 Å². The number of ether oxygens (including phenoxy) is 2. The Hall–Kier alpha value is -1.30. The number of hydrogen-bond donors (Lipinski definition) is 2. The van der Waals surface area contributed by atoms with Crippen LogP contribution in [0.3, 0.4) is 0 Å². The SMILES string of the molecule is COc1ccc(CNN2CCNCC2)c(OC)c1. The molecular weight excluding hydrogens is 230 g/mol. The molecule has 1 aliphatic rings. The molecule has 2 rings (SSSR count). The fourth-order valence-corrected chi connectivity index (χ4v) is 2.02. The summed E-state index contributed by atoms with van der Waals surface area (Å²) in [5.41, 5.74) is 4.56. The molecule has 0 unspecified atom stereocenters. The van der Waals surface area contributed by atoms with Crippen LogP contribution in [0.1, 0.15) is 5.56 Å². The zero-order valence-corrected chi connectivity index (χ0v) is 11.0. The van der Waals surface area contributed by atoms with Crippen molar-refractivity contribution in [1.82, 2.24) is 15.8 Å². The van der Waals surface area contributed by atoms with Crippen LogP contribution in [0.25, 0.3) is 0 Å². The zero-order valence-electron chi connectivity index (χ0n) is 11.0. The van der Waals surface area contributed by atoms with E-state index in [2.05, 4.69) is 15.8 Å². The molecule has 0 saturated carbocycles. The third-order valence-corrected chi connectivity index (χ3v) is 3.10. The van der Waals surface area contributed by atoms with Gasteiger partial charge in [-0.25, -0.2) is 5.01 Å². The van der Waals surface area contributed by atoms with Crippen LogP contribution >= 0.6 is 0 Å². The number of hydrazine groups is 1. The molecule has 0 spiro atoms.